The van der Waals surface area contributed by atoms with Crippen molar-refractivity contribution < 1.29 is 27.8 Å². The predicted molar refractivity (Wildman–Crippen MR) is 96.5 cm³/mol. The Morgan fingerprint density at radius 3 is 2.30 bits per heavy atom. The second-order valence-electron chi connectivity index (χ2n) is 5.71. The van der Waals surface area contributed by atoms with E-state index in [0.717, 1.165) is 11.1 Å². The lowest BCUT2D eigenvalue weighted by Crippen LogP contribution is -2.33. The number of halogens is 2. The Hall–Kier alpha value is -3.16. The van der Waals surface area contributed by atoms with Gasteiger partial charge in [0.15, 0.2) is 11.5 Å². The number of amides is 2. The third-order valence-electron chi connectivity index (χ3n) is 3.81. The van der Waals surface area contributed by atoms with Crippen LogP contribution in [0.2, 0.25) is 0 Å². The van der Waals surface area contributed by atoms with Gasteiger partial charge in [-0.15, -0.1) is 0 Å². The molecule has 0 aliphatic rings. The second-order valence-corrected chi connectivity index (χ2v) is 5.71. The number of aryl methyl sites for hydroxylation is 2. The molecule has 27 heavy (non-hydrogen) atoms. The van der Waals surface area contributed by atoms with Gasteiger partial charge in [0.1, 0.15) is 0 Å². The molecule has 144 valence electrons. The van der Waals surface area contributed by atoms with Gasteiger partial charge in [-0.3, -0.25) is 9.59 Å². The smallest absolute Gasteiger partial charge is 0.387 e. The van der Waals surface area contributed by atoms with Gasteiger partial charge in [-0.2, -0.15) is 8.78 Å². The summed E-state index contributed by atoms with van der Waals surface area (Å²) < 4.78 is 34.6. The summed E-state index contributed by atoms with van der Waals surface area (Å²) in [6.45, 7) is 0.245. The van der Waals surface area contributed by atoms with Crippen molar-refractivity contribution in [2.75, 3.05) is 19.0 Å². The van der Waals surface area contributed by atoms with Crippen LogP contribution in [0.25, 0.3) is 0 Å². The molecular weight excluding hydrogens is 358 g/mol. The van der Waals surface area contributed by atoms with Crippen molar-refractivity contribution in [3.8, 4) is 11.5 Å². The van der Waals surface area contributed by atoms with Crippen LogP contribution in [0.15, 0.2) is 36.4 Å². The van der Waals surface area contributed by atoms with Crippen molar-refractivity contribution in [3.05, 3.63) is 53.1 Å². The number of hydrogen-bond acceptors (Lipinski definition) is 4. The van der Waals surface area contributed by atoms with Crippen LogP contribution in [0.3, 0.4) is 0 Å². The zero-order valence-corrected chi connectivity index (χ0v) is 15.1. The third-order valence-corrected chi connectivity index (χ3v) is 3.81. The average Bonchev–Trinajstić information content (AvgIpc) is 2.62. The maximum atomic E-state index is 12.6. The van der Waals surface area contributed by atoms with Crippen molar-refractivity contribution in [3.63, 3.8) is 0 Å². The number of rotatable bonds is 7. The molecule has 2 aromatic carbocycles. The number of anilines is 1. The van der Waals surface area contributed by atoms with E-state index in [1.165, 1.54) is 25.3 Å². The molecular formula is C19H20F2N2O4. The van der Waals surface area contributed by atoms with Gasteiger partial charge in [-0.05, 0) is 37.1 Å². The van der Waals surface area contributed by atoms with E-state index in [1.54, 1.807) is 0 Å². The molecule has 0 atom stereocenters. The summed E-state index contributed by atoms with van der Waals surface area (Å²) in [6.07, 6.45) is 0. The Morgan fingerprint density at radius 1 is 1.07 bits per heavy atom. The highest BCUT2D eigenvalue weighted by atomic mass is 19.3. The second kappa shape index (κ2) is 8.98. The number of carbonyl (C=O) groups excluding carboxylic acids is 2. The van der Waals surface area contributed by atoms with Gasteiger partial charge < -0.3 is 20.1 Å². The van der Waals surface area contributed by atoms with Gasteiger partial charge in [0.2, 0.25) is 5.91 Å². The Balaban J connectivity index is 2.08. The molecule has 6 nitrogen and oxygen atoms in total. The third kappa shape index (κ3) is 5.16. The number of para-hydroxylation sites is 2. The van der Waals surface area contributed by atoms with E-state index in [1.807, 2.05) is 32.0 Å². The Kier molecular flexibility index (Phi) is 6.70. The van der Waals surface area contributed by atoms with E-state index in [2.05, 4.69) is 15.4 Å². The molecule has 2 amide bonds. The molecule has 0 spiro atoms. The van der Waals surface area contributed by atoms with Gasteiger partial charge in [-0.25, -0.2) is 0 Å². The molecule has 0 aliphatic carbocycles. The Bertz CT molecular complexity index is 820. The number of nitrogens with one attached hydrogen (secondary N) is 2. The molecule has 0 saturated heterocycles. The molecule has 0 radical (unpaired) electrons. The maximum Gasteiger partial charge on any atom is 0.387 e. The van der Waals surface area contributed by atoms with Crippen LogP contribution in [0.4, 0.5) is 14.5 Å². The van der Waals surface area contributed by atoms with Crippen LogP contribution in [0.5, 0.6) is 11.5 Å². The van der Waals surface area contributed by atoms with E-state index in [4.69, 9.17) is 4.74 Å². The minimum atomic E-state index is -3.12. The molecule has 2 rings (SSSR count). The summed E-state index contributed by atoms with van der Waals surface area (Å²) in [5, 5.41) is 5.12. The standard InChI is InChI=1S/C19H20F2N2O4/c1-11-6-4-7-12(2)16(11)23-15(24)10-22-18(25)13-8-5-9-14(26-3)17(13)27-19(20)21/h4-9,19H,10H2,1-3H3,(H,22,25)(H,23,24). The lowest BCUT2D eigenvalue weighted by atomic mass is 10.1. The van der Waals surface area contributed by atoms with Crippen molar-refractivity contribution in [2.24, 2.45) is 0 Å². The zero-order chi connectivity index (χ0) is 20.0. The van der Waals surface area contributed by atoms with E-state index in [-0.39, 0.29) is 23.6 Å². The fourth-order valence-corrected chi connectivity index (χ4v) is 2.52. The number of methoxy groups -OCH3 is 1. The molecule has 0 saturated carbocycles. The van der Waals surface area contributed by atoms with Crippen LogP contribution < -0.4 is 20.1 Å². The van der Waals surface area contributed by atoms with Gasteiger partial charge in [0, 0.05) is 5.69 Å². The first-order valence-corrected chi connectivity index (χ1v) is 8.09. The molecule has 8 heteroatoms. The molecule has 2 aromatic rings. The van der Waals surface area contributed by atoms with Crippen molar-refractivity contribution in [1.29, 1.82) is 0 Å². The normalized spacial score (nSPS) is 10.4. The van der Waals surface area contributed by atoms with Crippen molar-refractivity contribution >= 4 is 17.5 Å². The largest absolute Gasteiger partial charge is 0.493 e. The first-order chi connectivity index (χ1) is 12.8. The Labute approximate surface area is 155 Å². The number of ether oxygens (including phenoxy) is 2. The van der Waals surface area contributed by atoms with Crippen LogP contribution in [-0.2, 0) is 4.79 Å². The molecule has 0 unspecified atom stereocenters. The molecule has 0 aromatic heterocycles. The van der Waals surface area contributed by atoms with Crippen LogP contribution >= 0.6 is 0 Å². The summed E-state index contributed by atoms with van der Waals surface area (Å²) in [6, 6.07) is 9.73. The summed E-state index contributed by atoms with van der Waals surface area (Å²) >= 11 is 0. The number of benzene rings is 2. The summed E-state index contributed by atoms with van der Waals surface area (Å²) in [4.78, 5) is 24.5. The van der Waals surface area contributed by atoms with E-state index < -0.39 is 18.4 Å². The highest BCUT2D eigenvalue weighted by Crippen LogP contribution is 2.32. The van der Waals surface area contributed by atoms with E-state index >= 15 is 0 Å². The van der Waals surface area contributed by atoms with Gasteiger partial charge in [0.25, 0.3) is 5.91 Å². The lowest BCUT2D eigenvalue weighted by molar-refractivity contribution is -0.115. The highest BCUT2D eigenvalue weighted by Gasteiger charge is 2.20. The molecule has 0 aliphatic heterocycles. The first kappa shape index (κ1) is 20.2. The predicted octanol–water partition coefficient (Wildman–Crippen LogP) is 3.28. The summed E-state index contributed by atoms with van der Waals surface area (Å²) in [5.74, 6) is -1.58. The lowest BCUT2D eigenvalue weighted by Gasteiger charge is -2.15. The van der Waals surface area contributed by atoms with Crippen LogP contribution in [0.1, 0.15) is 21.5 Å². The number of carbonyl (C=O) groups is 2. The number of alkyl halides is 2. The minimum Gasteiger partial charge on any atom is -0.493 e. The number of hydrogen-bond donors (Lipinski definition) is 2. The molecule has 0 fully saturated rings. The monoisotopic (exact) mass is 378 g/mol. The van der Waals surface area contributed by atoms with E-state index in [0.29, 0.717) is 5.69 Å². The van der Waals surface area contributed by atoms with Crippen molar-refractivity contribution in [2.45, 2.75) is 20.5 Å². The van der Waals surface area contributed by atoms with Crippen LogP contribution in [0, 0.1) is 13.8 Å². The van der Waals surface area contributed by atoms with E-state index in [9.17, 15) is 18.4 Å². The van der Waals surface area contributed by atoms with Gasteiger partial charge in [-0.1, -0.05) is 24.3 Å². The average molecular weight is 378 g/mol. The van der Waals surface area contributed by atoms with Gasteiger partial charge in [0.05, 0.1) is 19.2 Å². The minimum absolute atomic E-state index is 0.0112. The SMILES string of the molecule is COc1cccc(C(=O)NCC(=O)Nc2c(C)cccc2C)c1OC(F)F. The van der Waals surface area contributed by atoms with Crippen LogP contribution in [-0.4, -0.2) is 32.1 Å². The highest BCUT2D eigenvalue weighted by molar-refractivity contribution is 6.01. The van der Waals surface area contributed by atoms with Crippen molar-refractivity contribution in [1.82, 2.24) is 5.32 Å². The Morgan fingerprint density at radius 2 is 1.70 bits per heavy atom. The molecule has 0 bridgehead atoms. The summed E-state index contributed by atoms with van der Waals surface area (Å²) in [7, 11) is 1.27. The maximum absolute atomic E-state index is 12.6. The molecule has 0 heterocycles. The quantitative estimate of drug-likeness (QED) is 0.775. The summed E-state index contributed by atoms with van der Waals surface area (Å²) in [5.41, 5.74) is 2.28. The fourth-order valence-electron chi connectivity index (χ4n) is 2.52. The topological polar surface area (TPSA) is 76.7 Å². The first-order valence-electron chi connectivity index (χ1n) is 8.09. The van der Waals surface area contributed by atoms with Gasteiger partial charge >= 0.3 is 6.61 Å². The zero-order valence-electron chi connectivity index (χ0n) is 15.1. The molecule has 2 N–H and O–H groups in total. The fraction of sp³-hybridized carbons (Fsp3) is 0.263.